The summed E-state index contributed by atoms with van der Waals surface area (Å²) in [5.41, 5.74) is 4.80. The maximum Gasteiger partial charge on any atom is 0.256 e. The van der Waals surface area contributed by atoms with Gasteiger partial charge in [-0.25, -0.2) is 0 Å². The fourth-order valence-electron chi connectivity index (χ4n) is 2.25. The number of hydrogen-bond acceptors (Lipinski definition) is 1. The Morgan fingerprint density at radius 2 is 1.50 bits per heavy atom. The van der Waals surface area contributed by atoms with Crippen LogP contribution in [0.4, 0.5) is 5.69 Å². The lowest BCUT2D eigenvalue weighted by Gasteiger charge is -2.11. The van der Waals surface area contributed by atoms with Gasteiger partial charge in [0.1, 0.15) is 0 Å². The SMILES string of the molecule is Cc1cc(C)c(C(=O)Nc2ccccc2)c(C)c1. The van der Waals surface area contributed by atoms with E-state index >= 15 is 0 Å². The van der Waals surface area contributed by atoms with E-state index in [4.69, 9.17) is 0 Å². The van der Waals surface area contributed by atoms with Crippen LogP contribution in [0.25, 0.3) is 0 Å². The minimum atomic E-state index is -0.0452. The highest BCUT2D eigenvalue weighted by Gasteiger charge is 2.12. The second kappa shape index (κ2) is 5.05. The van der Waals surface area contributed by atoms with Gasteiger partial charge in [-0.2, -0.15) is 0 Å². The molecule has 0 aliphatic heterocycles. The van der Waals surface area contributed by atoms with Gasteiger partial charge < -0.3 is 5.32 Å². The van der Waals surface area contributed by atoms with Crippen molar-refractivity contribution in [2.45, 2.75) is 20.8 Å². The number of rotatable bonds is 2. The summed E-state index contributed by atoms with van der Waals surface area (Å²) in [5.74, 6) is -0.0452. The van der Waals surface area contributed by atoms with Crippen molar-refractivity contribution in [1.29, 1.82) is 0 Å². The molecule has 2 rings (SSSR count). The number of benzene rings is 2. The standard InChI is InChI=1S/C16H17NO/c1-11-9-12(2)15(13(3)10-11)16(18)17-14-7-5-4-6-8-14/h4-10H,1-3H3,(H,17,18). The van der Waals surface area contributed by atoms with Crippen LogP contribution in [0.3, 0.4) is 0 Å². The van der Waals surface area contributed by atoms with E-state index in [1.165, 1.54) is 5.56 Å². The van der Waals surface area contributed by atoms with Crippen LogP contribution in [0.15, 0.2) is 42.5 Å². The Balaban J connectivity index is 2.30. The van der Waals surface area contributed by atoms with Crippen molar-refractivity contribution in [3.63, 3.8) is 0 Å². The zero-order valence-electron chi connectivity index (χ0n) is 10.9. The first-order chi connectivity index (χ1) is 8.58. The average molecular weight is 239 g/mol. The van der Waals surface area contributed by atoms with E-state index in [0.717, 1.165) is 22.4 Å². The lowest BCUT2D eigenvalue weighted by molar-refractivity contribution is 0.102. The van der Waals surface area contributed by atoms with Crippen molar-refractivity contribution < 1.29 is 4.79 Å². The second-order valence-electron chi connectivity index (χ2n) is 4.59. The summed E-state index contributed by atoms with van der Waals surface area (Å²) in [6, 6.07) is 13.6. The fraction of sp³-hybridized carbons (Fsp3) is 0.188. The Hall–Kier alpha value is -2.09. The van der Waals surface area contributed by atoms with Gasteiger partial charge in [0.25, 0.3) is 5.91 Å². The first kappa shape index (κ1) is 12.4. The molecular weight excluding hydrogens is 222 g/mol. The van der Waals surface area contributed by atoms with Crippen LogP contribution in [0.1, 0.15) is 27.0 Å². The number of amides is 1. The Bertz CT molecular complexity index is 550. The van der Waals surface area contributed by atoms with Crippen LogP contribution >= 0.6 is 0 Å². The van der Waals surface area contributed by atoms with Gasteiger partial charge in [-0.15, -0.1) is 0 Å². The molecule has 2 heteroatoms. The molecule has 0 saturated heterocycles. The van der Waals surface area contributed by atoms with Crippen molar-refractivity contribution in [3.05, 3.63) is 64.7 Å². The molecule has 2 aromatic carbocycles. The largest absolute Gasteiger partial charge is 0.322 e. The van der Waals surface area contributed by atoms with Gasteiger partial charge in [-0.3, -0.25) is 4.79 Å². The van der Waals surface area contributed by atoms with Gasteiger partial charge in [-0.05, 0) is 44.0 Å². The zero-order valence-corrected chi connectivity index (χ0v) is 10.9. The molecule has 0 atom stereocenters. The Morgan fingerprint density at radius 1 is 0.944 bits per heavy atom. The van der Waals surface area contributed by atoms with Gasteiger partial charge in [0.15, 0.2) is 0 Å². The van der Waals surface area contributed by atoms with Crippen LogP contribution in [-0.2, 0) is 0 Å². The molecular formula is C16H17NO. The lowest BCUT2D eigenvalue weighted by Crippen LogP contribution is -2.15. The van der Waals surface area contributed by atoms with Crippen molar-refractivity contribution in [2.24, 2.45) is 0 Å². The predicted molar refractivity (Wildman–Crippen MR) is 75.0 cm³/mol. The maximum absolute atomic E-state index is 12.3. The molecule has 0 spiro atoms. The predicted octanol–water partition coefficient (Wildman–Crippen LogP) is 3.86. The van der Waals surface area contributed by atoms with E-state index in [2.05, 4.69) is 5.32 Å². The number of hydrogen-bond donors (Lipinski definition) is 1. The van der Waals surface area contributed by atoms with Crippen molar-refractivity contribution in [3.8, 4) is 0 Å². The normalized spacial score (nSPS) is 10.2. The molecule has 92 valence electrons. The number of carbonyl (C=O) groups is 1. The lowest BCUT2D eigenvalue weighted by atomic mass is 9.99. The van der Waals surface area contributed by atoms with Crippen LogP contribution in [0.2, 0.25) is 0 Å². The Morgan fingerprint density at radius 3 is 2.06 bits per heavy atom. The number of anilines is 1. The third kappa shape index (κ3) is 2.59. The highest BCUT2D eigenvalue weighted by molar-refractivity contribution is 6.06. The summed E-state index contributed by atoms with van der Waals surface area (Å²) in [7, 11) is 0. The number of aryl methyl sites for hydroxylation is 3. The van der Waals surface area contributed by atoms with E-state index < -0.39 is 0 Å². The molecule has 1 N–H and O–H groups in total. The van der Waals surface area contributed by atoms with Gasteiger partial charge in [0.05, 0.1) is 0 Å². The molecule has 0 aliphatic carbocycles. The first-order valence-corrected chi connectivity index (χ1v) is 6.02. The molecule has 0 fully saturated rings. The molecule has 18 heavy (non-hydrogen) atoms. The molecule has 0 unspecified atom stereocenters. The summed E-state index contributed by atoms with van der Waals surface area (Å²) >= 11 is 0. The van der Waals surface area contributed by atoms with E-state index in [1.54, 1.807) is 0 Å². The maximum atomic E-state index is 12.3. The average Bonchev–Trinajstić information content (AvgIpc) is 2.28. The van der Waals surface area contributed by atoms with Crippen LogP contribution in [-0.4, -0.2) is 5.91 Å². The van der Waals surface area contributed by atoms with Gasteiger partial charge in [0, 0.05) is 11.3 Å². The van der Waals surface area contributed by atoms with Crippen molar-refractivity contribution >= 4 is 11.6 Å². The molecule has 1 amide bonds. The highest BCUT2D eigenvalue weighted by Crippen LogP contribution is 2.18. The number of carbonyl (C=O) groups excluding carboxylic acids is 1. The molecule has 2 aromatic rings. The molecule has 0 heterocycles. The molecule has 0 saturated carbocycles. The number of para-hydroxylation sites is 1. The number of nitrogens with one attached hydrogen (secondary N) is 1. The summed E-state index contributed by atoms with van der Waals surface area (Å²) < 4.78 is 0. The monoisotopic (exact) mass is 239 g/mol. The summed E-state index contributed by atoms with van der Waals surface area (Å²) in [6.45, 7) is 5.98. The molecule has 0 aliphatic rings. The van der Waals surface area contributed by atoms with E-state index in [1.807, 2.05) is 63.2 Å². The molecule has 0 bridgehead atoms. The van der Waals surface area contributed by atoms with E-state index in [0.29, 0.717) is 0 Å². The molecule has 0 aromatic heterocycles. The summed E-state index contributed by atoms with van der Waals surface area (Å²) in [6.07, 6.45) is 0. The fourth-order valence-corrected chi connectivity index (χ4v) is 2.25. The van der Waals surface area contributed by atoms with Crippen molar-refractivity contribution in [1.82, 2.24) is 0 Å². The third-order valence-corrected chi connectivity index (χ3v) is 2.94. The van der Waals surface area contributed by atoms with E-state index in [-0.39, 0.29) is 5.91 Å². The minimum Gasteiger partial charge on any atom is -0.322 e. The summed E-state index contributed by atoms with van der Waals surface area (Å²) in [5, 5.41) is 2.92. The van der Waals surface area contributed by atoms with Crippen LogP contribution in [0.5, 0.6) is 0 Å². The van der Waals surface area contributed by atoms with Gasteiger partial charge in [-0.1, -0.05) is 35.9 Å². The first-order valence-electron chi connectivity index (χ1n) is 6.02. The third-order valence-electron chi connectivity index (χ3n) is 2.94. The van der Waals surface area contributed by atoms with E-state index in [9.17, 15) is 4.79 Å². The zero-order chi connectivity index (χ0) is 13.1. The van der Waals surface area contributed by atoms with Crippen molar-refractivity contribution in [2.75, 3.05) is 5.32 Å². The Labute approximate surface area is 108 Å². The van der Waals surface area contributed by atoms with Crippen LogP contribution in [0, 0.1) is 20.8 Å². The second-order valence-corrected chi connectivity index (χ2v) is 4.59. The Kier molecular flexibility index (Phi) is 3.47. The van der Waals surface area contributed by atoms with Crippen LogP contribution < -0.4 is 5.32 Å². The highest BCUT2D eigenvalue weighted by atomic mass is 16.1. The summed E-state index contributed by atoms with van der Waals surface area (Å²) in [4.78, 5) is 12.3. The minimum absolute atomic E-state index is 0.0452. The molecule has 0 radical (unpaired) electrons. The van der Waals surface area contributed by atoms with Gasteiger partial charge in [0.2, 0.25) is 0 Å². The smallest absolute Gasteiger partial charge is 0.256 e. The molecule has 2 nitrogen and oxygen atoms in total. The van der Waals surface area contributed by atoms with Gasteiger partial charge >= 0.3 is 0 Å². The quantitative estimate of drug-likeness (QED) is 0.847. The topological polar surface area (TPSA) is 29.1 Å².